The number of imidazole rings is 1. The number of H-pyrrole nitrogens is 1. The van der Waals surface area contributed by atoms with E-state index in [4.69, 9.17) is 11.2 Å². The maximum atomic E-state index is 5.21. The predicted molar refractivity (Wildman–Crippen MR) is 50.6 cm³/mol. The lowest BCUT2D eigenvalue weighted by Gasteiger charge is -1.96. The van der Waals surface area contributed by atoms with E-state index in [1.54, 1.807) is 7.11 Å². The second-order valence-electron chi connectivity index (χ2n) is 2.61. The van der Waals surface area contributed by atoms with Crippen molar-refractivity contribution in [2.75, 3.05) is 7.11 Å². The molecule has 0 unspecified atom stereocenters. The van der Waals surface area contributed by atoms with Gasteiger partial charge in [-0.15, -0.1) is 6.42 Å². The Labute approximate surface area is 75.7 Å². The lowest BCUT2D eigenvalue weighted by molar-refractivity contribution is 0.415. The highest BCUT2D eigenvalue weighted by atomic mass is 16.5. The summed E-state index contributed by atoms with van der Waals surface area (Å²) in [5.74, 6) is 3.78. The van der Waals surface area contributed by atoms with Crippen LogP contribution >= 0.6 is 0 Å². The quantitative estimate of drug-likeness (QED) is 0.663. The van der Waals surface area contributed by atoms with E-state index < -0.39 is 0 Å². The highest BCUT2D eigenvalue weighted by Crippen LogP contribution is 2.18. The van der Waals surface area contributed by atoms with Gasteiger partial charge in [0, 0.05) is 6.07 Å². The maximum Gasteiger partial charge on any atom is 0.183 e. The van der Waals surface area contributed by atoms with E-state index in [1.807, 2.05) is 18.2 Å². The third kappa shape index (κ3) is 1.23. The number of fused-ring (bicyclic) bond motifs is 1. The molecule has 0 atom stereocenters. The zero-order chi connectivity index (χ0) is 9.26. The first kappa shape index (κ1) is 7.69. The average molecular weight is 172 g/mol. The van der Waals surface area contributed by atoms with Gasteiger partial charge in [0.05, 0.1) is 18.1 Å². The fourth-order valence-corrected chi connectivity index (χ4v) is 1.18. The van der Waals surface area contributed by atoms with Gasteiger partial charge < -0.3 is 9.72 Å². The van der Waals surface area contributed by atoms with Crippen molar-refractivity contribution in [1.29, 1.82) is 0 Å². The molecular formula is C10H8N2O. The van der Waals surface area contributed by atoms with Crippen molar-refractivity contribution in [3.05, 3.63) is 24.0 Å². The maximum absolute atomic E-state index is 5.21. The van der Waals surface area contributed by atoms with Gasteiger partial charge in [0.2, 0.25) is 0 Å². The third-order valence-electron chi connectivity index (χ3n) is 1.83. The molecule has 2 aromatic rings. The van der Waals surface area contributed by atoms with E-state index in [9.17, 15) is 0 Å². The molecule has 64 valence electrons. The zero-order valence-corrected chi connectivity index (χ0v) is 7.16. The Bertz CT molecular complexity index is 479. The molecule has 1 aromatic carbocycles. The van der Waals surface area contributed by atoms with Gasteiger partial charge >= 0.3 is 0 Å². The van der Waals surface area contributed by atoms with Gasteiger partial charge in [0.15, 0.2) is 5.82 Å². The van der Waals surface area contributed by atoms with Crippen molar-refractivity contribution < 1.29 is 4.74 Å². The minimum Gasteiger partial charge on any atom is -0.497 e. The summed E-state index contributed by atoms with van der Waals surface area (Å²) in [7, 11) is 1.62. The zero-order valence-electron chi connectivity index (χ0n) is 7.16. The number of hydrogen-bond acceptors (Lipinski definition) is 2. The number of ether oxygens (including phenoxy) is 1. The van der Waals surface area contributed by atoms with Gasteiger partial charge in [-0.3, -0.25) is 0 Å². The molecule has 0 radical (unpaired) electrons. The predicted octanol–water partition coefficient (Wildman–Crippen LogP) is 1.55. The van der Waals surface area contributed by atoms with Crippen LogP contribution in [0.3, 0.4) is 0 Å². The minimum absolute atomic E-state index is 0.545. The monoisotopic (exact) mass is 172 g/mol. The first-order valence-electron chi connectivity index (χ1n) is 3.84. The summed E-state index contributed by atoms with van der Waals surface area (Å²) in [6, 6.07) is 5.58. The number of aromatic amines is 1. The van der Waals surface area contributed by atoms with Gasteiger partial charge in [-0.2, -0.15) is 0 Å². The van der Waals surface area contributed by atoms with Crippen molar-refractivity contribution >= 4 is 11.0 Å². The molecule has 3 nitrogen and oxygen atoms in total. The largest absolute Gasteiger partial charge is 0.497 e. The Kier molecular flexibility index (Phi) is 1.67. The number of hydrogen-bond donors (Lipinski definition) is 1. The molecular weight excluding hydrogens is 164 g/mol. The van der Waals surface area contributed by atoms with Crippen LogP contribution in [0.1, 0.15) is 5.82 Å². The standard InChI is InChI=1S/C10H8N2O/c1-3-10-11-8-5-4-7(13-2)6-9(8)12-10/h1,4-6H,2H3,(H,11,12). The van der Waals surface area contributed by atoms with Crippen LogP contribution in [0, 0.1) is 12.3 Å². The highest BCUT2D eigenvalue weighted by molar-refractivity contribution is 5.77. The molecule has 0 saturated carbocycles. The Balaban J connectivity index is 2.65. The molecule has 0 bridgehead atoms. The molecule has 0 amide bonds. The van der Waals surface area contributed by atoms with E-state index in [-0.39, 0.29) is 0 Å². The van der Waals surface area contributed by atoms with Crippen LogP contribution in [0.15, 0.2) is 18.2 Å². The summed E-state index contributed by atoms with van der Waals surface area (Å²) < 4.78 is 5.07. The number of rotatable bonds is 1. The Morgan fingerprint density at radius 1 is 1.54 bits per heavy atom. The summed E-state index contributed by atoms with van der Waals surface area (Å²) in [5.41, 5.74) is 1.75. The van der Waals surface area contributed by atoms with Crippen molar-refractivity contribution in [2.45, 2.75) is 0 Å². The number of terminal acetylenes is 1. The molecule has 2 rings (SSSR count). The summed E-state index contributed by atoms with van der Waals surface area (Å²) in [5, 5.41) is 0. The van der Waals surface area contributed by atoms with Crippen molar-refractivity contribution in [1.82, 2.24) is 9.97 Å². The molecule has 1 heterocycles. The number of aromatic nitrogens is 2. The normalized spacial score (nSPS) is 9.85. The SMILES string of the molecule is C#Cc1nc2ccc(OC)cc2[nH]1. The van der Waals surface area contributed by atoms with Crippen LogP contribution in [-0.2, 0) is 0 Å². The topological polar surface area (TPSA) is 37.9 Å². The third-order valence-corrected chi connectivity index (χ3v) is 1.83. The van der Waals surface area contributed by atoms with Crippen LogP contribution in [0.5, 0.6) is 5.75 Å². The fraction of sp³-hybridized carbons (Fsp3) is 0.100. The first-order valence-corrected chi connectivity index (χ1v) is 3.84. The molecule has 1 N–H and O–H groups in total. The summed E-state index contributed by atoms with van der Waals surface area (Å²) in [6.07, 6.45) is 5.21. The Hall–Kier alpha value is -1.95. The van der Waals surface area contributed by atoms with Gasteiger partial charge in [0.1, 0.15) is 5.75 Å². The van der Waals surface area contributed by atoms with Crippen LogP contribution in [0.4, 0.5) is 0 Å². The van der Waals surface area contributed by atoms with E-state index in [2.05, 4.69) is 15.9 Å². The molecule has 1 aromatic heterocycles. The van der Waals surface area contributed by atoms with Crippen LogP contribution in [0.25, 0.3) is 11.0 Å². The molecule has 0 fully saturated rings. The van der Waals surface area contributed by atoms with Crippen molar-refractivity contribution in [3.63, 3.8) is 0 Å². The molecule has 0 saturated heterocycles. The number of nitrogens with zero attached hydrogens (tertiary/aromatic N) is 1. The average Bonchev–Trinajstić information content (AvgIpc) is 2.58. The second kappa shape index (κ2) is 2.83. The molecule has 0 aliphatic rings. The Morgan fingerprint density at radius 3 is 3.08 bits per heavy atom. The summed E-state index contributed by atoms with van der Waals surface area (Å²) >= 11 is 0. The van der Waals surface area contributed by atoms with E-state index >= 15 is 0 Å². The minimum atomic E-state index is 0.545. The fourth-order valence-electron chi connectivity index (χ4n) is 1.18. The molecule has 0 aliphatic carbocycles. The molecule has 3 heteroatoms. The highest BCUT2D eigenvalue weighted by Gasteiger charge is 2.00. The van der Waals surface area contributed by atoms with Crippen LogP contribution in [-0.4, -0.2) is 17.1 Å². The molecule has 0 spiro atoms. The first-order chi connectivity index (χ1) is 6.33. The van der Waals surface area contributed by atoms with Crippen molar-refractivity contribution in [3.8, 4) is 18.1 Å². The van der Waals surface area contributed by atoms with E-state index in [0.717, 1.165) is 16.8 Å². The second-order valence-corrected chi connectivity index (χ2v) is 2.61. The molecule has 13 heavy (non-hydrogen) atoms. The van der Waals surface area contributed by atoms with Gasteiger partial charge in [0.25, 0.3) is 0 Å². The van der Waals surface area contributed by atoms with Gasteiger partial charge in [-0.1, -0.05) is 0 Å². The van der Waals surface area contributed by atoms with Gasteiger partial charge in [-0.25, -0.2) is 4.98 Å². The summed E-state index contributed by atoms with van der Waals surface area (Å²) in [4.78, 5) is 7.15. The molecule has 0 aliphatic heterocycles. The Morgan fingerprint density at radius 2 is 2.38 bits per heavy atom. The number of methoxy groups -OCH3 is 1. The lowest BCUT2D eigenvalue weighted by atomic mass is 10.3. The smallest absolute Gasteiger partial charge is 0.183 e. The lowest BCUT2D eigenvalue weighted by Crippen LogP contribution is -1.81. The van der Waals surface area contributed by atoms with E-state index in [1.165, 1.54) is 0 Å². The number of nitrogens with one attached hydrogen (secondary N) is 1. The van der Waals surface area contributed by atoms with E-state index in [0.29, 0.717) is 5.82 Å². The number of benzene rings is 1. The van der Waals surface area contributed by atoms with Crippen molar-refractivity contribution in [2.24, 2.45) is 0 Å². The van der Waals surface area contributed by atoms with Crippen LogP contribution in [0.2, 0.25) is 0 Å². The van der Waals surface area contributed by atoms with Gasteiger partial charge in [-0.05, 0) is 18.1 Å². The van der Waals surface area contributed by atoms with Crippen LogP contribution < -0.4 is 4.74 Å². The summed E-state index contributed by atoms with van der Waals surface area (Å²) in [6.45, 7) is 0.